The highest BCUT2D eigenvalue weighted by Crippen LogP contribution is 2.32. The molecule has 1 aliphatic carbocycles. The van der Waals surface area contributed by atoms with E-state index in [-0.39, 0.29) is 11.9 Å². The largest absolute Gasteiger partial charge is 0.344 e. The van der Waals surface area contributed by atoms with E-state index in [0.29, 0.717) is 11.6 Å². The van der Waals surface area contributed by atoms with E-state index in [1.165, 1.54) is 37.7 Å². The maximum atomic E-state index is 12.3. The van der Waals surface area contributed by atoms with Crippen LogP contribution in [0.2, 0.25) is 0 Å². The maximum Gasteiger partial charge on any atom is 0.269 e. The highest BCUT2D eigenvalue weighted by molar-refractivity contribution is 5.92. The van der Waals surface area contributed by atoms with E-state index >= 15 is 0 Å². The number of nitrogens with zero attached hydrogens (tertiary/aromatic N) is 1. The molecule has 1 atom stereocenters. The number of amides is 1. The highest BCUT2D eigenvalue weighted by Gasteiger charge is 2.22. The van der Waals surface area contributed by atoms with Crippen LogP contribution in [-0.2, 0) is 0 Å². The van der Waals surface area contributed by atoms with Gasteiger partial charge in [-0.1, -0.05) is 62.4 Å². The summed E-state index contributed by atoms with van der Waals surface area (Å²) >= 11 is 0. The third-order valence-electron chi connectivity index (χ3n) is 4.55. The number of benzene rings is 1. The van der Waals surface area contributed by atoms with Crippen molar-refractivity contribution in [3.05, 3.63) is 53.9 Å². The smallest absolute Gasteiger partial charge is 0.269 e. The summed E-state index contributed by atoms with van der Waals surface area (Å²) < 4.78 is 0. The van der Waals surface area contributed by atoms with Crippen LogP contribution in [0, 0.1) is 5.92 Å². The van der Waals surface area contributed by atoms with Crippen LogP contribution in [0.4, 0.5) is 0 Å². The second kappa shape index (κ2) is 7.25. The monoisotopic (exact) mass is 297 g/mol. The Morgan fingerprint density at radius 3 is 2.64 bits per heavy atom. The summed E-state index contributed by atoms with van der Waals surface area (Å²) in [5, 5.41) is 9.76. The number of aromatic amines is 1. The Labute approximate surface area is 131 Å². The van der Waals surface area contributed by atoms with Crippen molar-refractivity contribution in [2.24, 2.45) is 5.92 Å². The first-order chi connectivity index (χ1) is 10.8. The van der Waals surface area contributed by atoms with Crippen molar-refractivity contribution in [1.82, 2.24) is 15.5 Å². The van der Waals surface area contributed by atoms with Gasteiger partial charge in [0.2, 0.25) is 0 Å². The topological polar surface area (TPSA) is 57.8 Å². The molecule has 1 aromatic heterocycles. The molecule has 0 spiro atoms. The second-order valence-electron chi connectivity index (χ2n) is 6.15. The first-order valence-corrected chi connectivity index (χ1v) is 8.18. The molecule has 4 heteroatoms. The number of rotatable bonds is 5. The molecule has 0 radical (unpaired) electrons. The third-order valence-corrected chi connectivity index (χ3v) is 4.55. The molecule has 0 aliphatic heterocycles. The summed E-state index contributed by atoms with van der Waals surface area (Å²) in [4.78, 5) is 12.3. The molecule has 2 aromatic rings. The summed E-state index contributed by atoms with van der Waals surface area (Å²) in [6.07, 6.45) is 9.18. The summed E-state index contributed by atoms with van der Waals surface area (Å²) in [5.41, 5.74) is 1.70. The van der Waals surface area contributed by atoms with Crippen molar-refractivity contribution in [3.63, 3.8) is 0 Å². The predicted octanol–water partition coefficient (Wildman–Crippen LogP) is 3.85. The fraction of sp³-hybridized carbons (Fsp3) is 0.444. The lowest BCUT2D eigenvalue weighted by Crippen LogP contribution is -2.30. The molecule has 0 bridgehead atoms. The SMILES string of the molecule is O=C(NC(CC1CCCCC1)c1ccccc1)c1ccn[nH]1. The van der Waals surface area contributed by atoms with Gasteiger partial charge in [-0.15, -0.1) is 0 Å². The standard InChI is InChI=1S/C18H23N3O/c22-18(16-11-12-19-21-16)20-17(15-9-5-2-6-10-15)13-14-7-3-1-4-8-14/h2,5-6,9-12,14,17H,1,3-4,7-8,13H2,(H,19,21)(H,20,22). The van der Waals surface area contributed by atoms with Gasteiger partial charge < -0.3 is 5.32 Å². The van der Waals surface area contributed by atoms with Crippen molar-refractivity contribution >= 4 is 5.91 Å². The minimum Gasteiger partial charge on any atom is -0.344 e. The van der Waals surface area contributed by atoms with Crippen LogP contribution in [-0.4, -0.2) is 16.1 Å². The molecular formula is C18H23N3O. The van der Waals surface area contributed by atoms with E-state index < -0.39 is 0 Å². The second-order valence-corrected chi connectivity index (χ2v) is 6.15. The van der Waals surface area contributed by atoms with Crippen LogP contribution in [0.15, 0.2) is 42.6 Å². The van der Waals surface area contributed by atoms with E-state index in [2.05, 4.69) is 27.6 Å². The highest BCUT2D eigenvalue weighted by atomic mass is 16.2. The number of hydrogen-bond donors (Lipinski definition) is 2. The lowest BCUT2D eigenvalue weighted by Gasteiger charge is -2.27. The Morgan fingerprint density at radius 2 is 1.95 bits per heavy atom. The molecule has 2 N–H and O–H groups in total. The summed E-state index contributed by atoms with van der Waals surface area (Å²) in [6, 6.07) is 12.1. The first-order valence-electron chi connectivity index (χ1n) is 8.18. The zero-order chi connectivity index (χ0) is 15.2. The quantitative estimate of drug-likeness (QED) is 0.880. The van der Waals surface area contributed by atoms with Crippen LogP contribution in [0.3, 0.4) is 0 Å². The zero-order valence-electron chi connectivity index (χ0n) is 12.8. The van der Waals surface area contributed by atoms with Crippen molar-refractivity contribution in [3.8, 4) is 0 Å². The Kier molecular flexibility index (Phi) is 4.88. The van der Waals surface area contributed by atoms with Gasteiger partial charge in [-0.3, -0.25) is 9.89 Å². The van der Waals surface area contributed by atoms with Gasteiger partial charge in [-0.25, -0.2) is 0 Å². The van der Waals surface area contributed by atoms with Crippen LogP contribution in [0.1, 0.15) is 60.6 Å². The van der Waals surface area contributed by atoms with Crippen molar-refractivity contribution in [1.29, 1.82) is 0 Å². The van der Waals surface area contributed by atoms with E-state index in [0.717, 1.165) is 6.42 Å². The number of carbonyl (C=O) groups is 1. The van der Waals surface area contributed by atoms with E-state index in [1.54, 1.807) is 12.3 Å². The van der Waals surface area contributed by atoms with E-state index in [9.17, 15) is 4.79 Å². The van der Waals surface area contributed by atoms with Crippen molar-refractivity contribution < 1.29 is 4.79 Å². The van der Waals surface area contributed by atoms with Gasteiger partial charge >= 0.3 is 0 Å². The number of hydrogen-bond acceptors (Lipinski definition) is 2. The zero-order valence-corrected chi connectivity index (χ0v) is 12.8. The van der Waals surface area contributed by atoms with Crippen molar-refractivity contribution in [2.75, 3.05) is 0 Å². The Hall–Kier alpha value is -2.10. The average molecular weight is 297 g/mol. The van der Waals surface area contributed by atoms with Gasteiger partial charge in [0.1, 0.15) is 5.69 Å². The lowest BCUT2D eigenvalue weighted by molar-refractivity contribution is 0.0923. The molecule has 3 rings (SSSR count). The number of nitrogens with one attached hydrogen (secondary N) is 2. The summed E-state index contributed by atoms with van der Waals surface area (Å²) in [5.74, 6) is 0.628. The van der Waals surface area contributed by atoms with Crippen LogP contribution < -0.4 is 5.32 Å². The Bertz CT molecular complexity index is 574. The van der Waals surface area contributed by atoms with Crippen LogP contribution >= 0.6 is 0 Å². The van der Waals surface area contributed by atoms with Crippen LogP contribution in [0.5, 0.6) is 0 Å². The molecular weight excluding hydrogens is 274 g/mol. The molecule has 116 valence electrons. The molecule has 22 heavy (non-hydrogen) atoms. The fourth-order valence-corrected chi connectivity index (χ4v) is 3.34. The van der Waals surface area contributed by atoms with Crippen molar-refractivity contribution in [2.45, 2.75) is 44.6 Å². The molecule has 0 saturated heterocycles. The van der Waals surface area contributed by atoms with Gasteiger partial charge in [-0.05, 0) is 24.0 Å². The predicted molar refractivity (Wildman–Crippen MR) is 86.4 cm³/mol. The summed E-state index contributed by atoms with van der Waals surface area (Å²) in [6.45, 7) is 0. The van der Waals surface area contributed by atoms with Gasteiger partial charge in [0.15, 0.2) is 0 Å². The maximum absolute atomic E-state index is 12.3. The Balaban J connectivity index is 1.72. The molecule has 1 fully saturated rings. The number of aromatic nitrogens is 2. The molecule has 1 amide bonds. The summed E-state index contributed by atoms with van der Waals surface area (Å²) in [7, 11) is 0. The molecule has 1 saturated carbocycles. The normalized spacial score (nSPS) is 17.1. The lowest BCUT2D eigenvalue weighted by atomic mass is 9.83. The number of carbonyl (C=O) groups excluding carboxylic acids is 1. The van der Waals surface area contributed by atoms with Gasteiger partial charge in [0.05, 0.1) is 6.04 Å². The molecule has 1 aromatic carbocycles. The Morgan fingerprint density at radius 1 is 1.18 bits per heavy atom. The van der Waals surface area contributed by atoms with E-state index in [4.69, 9.17) is 0 Å². The molecule has 1 unspecified atom stereocenters. The number of H-pyrrole nitrogens is 1. The van der Waals surface area contributed by atoms with Crippen LogP contribution in [0.25, 0.3) is 0 Å². The molecule has 1 heterocycles. The first kappa shape index (κ1) is 14.8. The van der Waals surface area contributed by atoms with Gasteiger partial charge in [0, 0.05) is 6.20 Å². The molecule has 4 nitrogen and oxygen atoms in total. The molecule has 1 aliphatic rings. The van der Waals surface area contributed by atoms with Gasteiger partial charge in [-0.2, -0.15) is 5.10 Å². The minimum absolute atomic E-state index is 0.0695. The minimum atomic E-state index is -0.0813. The third kappa shape index (κ3) is 3.75. The van der Waals surface area contributed by atoms with E-state index in [1.807, 2.05) is 18.2 Å². The fourth-order valence-electron chi connectivity index (χ4n) is 3.34. The average Bonchev–Trinajstić information content (AvgIpc) is 3.11. The van der Waals surface area contributed by atoms with Gasteiger partial charge in [0.25, 0.3) is 5.91 Å².